The van der Waals surface area contributed by atoms with Gasteiger partial charge in [0.25, 0.3) is 5.91 Å². The molecule has 0 N–H and O–H groups in total. The first-order chi connectivity index (χ1) is 13.1. The van der Waals surface area contributed by atoms with Gasteiger partial charge < -0.3 is 23.7 Å². The van der Waals surface area contributed by atoms with Crippen LogP contribution in [-0.2, 0) is 20.9 Å². The van der Waals surface area contributed by atoms with E-state index in [0.717, 1.165) is 0 Å². The van der Waals surface area contributed by atoms with Gasteiger partial charge in [0, 0.05) is 26.6 Å². The fourth-order valence-electron chi connectivity index (χ4n) is 3.04. The lowest BCUT2D eigenvalue weighted by atomic mass is 10.1. The second-order valence-electron chi connectivity index (χ2n) is 6.36. The van der Waals surface area contributed by atoms with Crippen LogP contribution < -0.4 is 9.64 Å². The molecule has 3 rings (SSSR count). The number of rotatable bonds is 8. The summed E-state index contributed by atoms with van der Waals surface area (Å²) in [5.74, 6) is 1.16. The smallest absolute Gasteiger partial charge is 0.267 e. The molecule has 7 heteroatoms. The topological polar surface area (TPSA) is 72.2 Å². The summed E-state index contributed by atoms with van der Waals surface area (Å²) < 4.78 is 16.1. The van der Waals surface area contributed by atoms with E-state index in [1.54, 1.807) is 36.2 Å². The zero-order valence-electron chi connectivity index (χ0n) is 15.6. The van der Waals surface area contributed by atoms with Crippen LogP contribution in [0.5, 0.6) is 5.75 Å². The molecular formula is C20H24N2O5. The average Bonchev–Trinajstić information content (AvgIpc) is 3.18. The van der Waals surface area contributed by atoms with Gasteiger partial charge in [0.15, 0.2) is 6.10 Å². The van der Waals surface area contributed by atoms with Crippen molar-refractivity contribution in [3.05, 3.63) is 48.4 Å². The summed E-state index contributed by atoms with van der Waals surface area (Å²) in [5, 5.41) is 0. The number of hydrogen-bond acceptors (Lipinski definition) is 5. The maximum Gasteiger partial charge on any atom is 0.267 e. The lowest BCUT2D eigenvalue weighted by molar-refractivity contribution is -0.132. The Balaban J connectivity index is 1.68. The van der Waals surface area contributed by atoms with Crippen molar-refractivity contribution in [3.8, 4) is 5.75 Å². The SMILES string of the molecule is COCCN(Cc1ccco1)C(=O)CCN1C(=O)C(C)Oc2ccccc21. The minimum Gasteiger partial charge on any atom is -0.479 e. The van der Waals surface area contributed by atoms with Gasteiger partial charge in [0.2, 0.25) is 5.91 Å². The molecule has 1 unspecified atom stereocenters. The van der Waals surface area contributed by atoms with Crippen LogP contribution in [0, 0.1) is 0 Å². The highest BCUT2D eigenvalue weighted by Gasteiger charge is 2.31. The number of hydrogen-bond donors (Lipinski definition) is 0. The molecule has 0 saturated carbocycles. The number of para-hydroxylation sites is 2. The van der Waals surface area contributed by atoms with Crippen molar-refractivity contribution in [2.24, 2.45) is 0 Å². The van der Waals surface area contributed by atoms with Crippen LogP contribution in [0.3, 0.4) is 0 Å². The highest BCUT2D eigenvalue weighted by atomic mass is 16.5. The lowest BCUT2D eigenvalue weighted by Gasteiger charge is -2.33. The number of nitrogens with zero attached hydrogens (tertiary/aromatic N) is 2. The normalized spacial score (nSPS) is 16.0. The quantitative estimate of drug-likeness (QED) is 0.712. The van der Waals surface area contributed by atoms with Gasteiger partial charge >= 0.3 is 0 Å². The third-order valence-electron chi connectivity index (χ3n) is 4.47. The van der Waals surface area contributed by atoms with Crippen LogP contribution in [0.1, 0.15) is 19.1 Å². The number of ether oxygens (including phenoxy) is 2. The monoisotopic (exact) mass is 372 g/mol. The fourth-order valence-corrected chi connectivity index (χ4v) is 3.04. The Kier molecular flexibility index (Phi) is 6.13. The van der Waals surface area contributed by atoms with E-state index in [1.165, 1.54) is 0 Å². The molecule has 1 aromatic carbocycles. The number of carbonyl (C=O) groups is 2. The maximum atomic E-state index is 12.8. The van der Waals surface area contributed by atoms with Crippen molar-refractivity contribution in [2.45, 2.75) is 26.0 Å². The zero-order chi connectivity index (χ0) is 19.2. The van der Waals surface area contributed by atoms with Gasteiger partial charge in [-0.15, -0.1) is 0 Å². The summed E-state index contributed by atoms with van der Waals surface area (Å²) in [7, 11) is 1.60. The molecule has 0 saturated heterocycles. The van der Waals surface area contributed by atoms with E-state index in [-0.39, 0.29) is 18.2 Å². The summed E-state index contributed by atoms with van der Waals surface area (Å²) in [5.41, 5.74) is 0.697. The minimum atomic E-state index is -0.567. The average molecular weight is 372 g/mol. The van der Waals surface area contributed by atoms with E-state index in [4.69, 9.17) is 13.9 Å². The Hall–Kier alpha value is -2.80. The van der Waals surface area contributed by atoms with Gasteiger partial charge in [0.05, 0.1) is 25.1 Å². The predicted molar refractivity (Wildman–Crippen MR) is 99.5 cm³/mol. The van der Waals surface area contributed by atoms with Crippen molar-refractivity contribution in [3.63, 3.8) is 0 Å². The van der Waals surface area contributed by atoms with Crippen LogP contribution >= 0.6 is 0 Å². The molecule has 0 bridgehead atoms. The van der Waals surface area contributed by atoms with E-state index in [1.807, 2.05) is 30.3 Å². The molecule has 1 atom stereocenters. The molecule has 1 aliphatic heterocycles. The highest BCUT2D eigenvalue weighted by Crippen LogP contribution is 2.33. The van der Waals surface area contributed by atoms with Crippen LogP contribution in [0.25, 0.3) is 0 Å². The summed E-state index contributed by atoms with van der Waals surface area (Å²) >= 11 is 0. The summed E-state index contributed by atoms with van der Waals surface area (Å²) in [6, 6.07) is 11.0. The van der Waals surface area contributed by atoms with Gasteiger partial charge in [0.1, 0.15) is 11.5 Å². The highest BCUT2D eigenvalue weighted by molar-refractivity contribution is 6.00. The first-order valence-electron chi connectivity index (χ1n) is 8.96. The molecule has 2 amide bonds. The molecule has 0 aliphatic carbocycles. The van der Waals surface area contributed by atoms with E-state index in [2.05, 4.69) is 0 Å². The molecule has 1 aromatic heterocycles. The van der Waals surface area contributed by atoms with Gasteiger partial charge in [-0.25, -0.2) is 0 Å². The number of benzene rings is 1. The molecule has 7 nitrogen and oxygen atoms in total. The minimum absolute atomic E-state index is 0.0622. The van der Waals surface area contributed by atoms with E-state index in [9.17, 15) is 9.59 Å². The van der Waals surface area contributed by atoms with Gasteiger partial charge in [-0.2, -0.15) is 0 Å². The van der Waals surface area contributed by atoms with Crippen LogP contribution in [0.2, 0.25) is 0 Å². The molecule has 0 radical (unpaired) electrons. The number of furan rings is 1. The first kappa shape index (κ1) is 19.0. The second-order valence-corrected chi connectivity index (χ2v) is 6.36. The van der Waals surface area contributed by atoms with Crippen LogP contribution in [0.15, 0.2) is 47.1 Å². The Labute approximate surface area is 158 Å². The molecule has 0 fully saturated rings. The standard InChI is InChI=1S/C20H24N2O5/c1-15-20(24)22(17-7-3-4-8-18(17)27-15)10-9-19(23)21(11-13-25-2)14-16-6-5-12-26-16/h3-8,12,15H,9-11,13-14H2,1-2H3. The largest absolute Gasteiger partial charge is 0.479 e. The van der Waals surface area contributed by atoms with Crippen LogP contribution in [-0.4, -0.2) is 49.6 Å². The second kappa shape index (κ2) is 8.73. The van der Waals surface area contributed by atoms with Gasteiger partial charge in [-0.1, -0.05) is 12.1 Å². The summed E-state index contributed by atoms with van der Waals surface area (Å²) in [6.07, 6.45) is 1.22. The summed E-state index contributed by atoms with van der Waals surface area (Å²) in [6.45, 7) is 3.28. The van der Waals surface area contributed by atoms with Crippen molar-refractivity contribution >= 4 is 17.5 Å². The Bertz CT molecular complexity index is 774. The van der Waals surface area contributed by atoms with Crippen LogP contribution in [0.4, 0.5) is 5.69 Å². The Morgan fingerprint density at radius 3 is 2.81 bits per heavy atom. The van der Waals surface area contributed by atoms with E-state index in [0.29, 0.717) is 43.4 Å². The van der Waals surface area contributed by atoms with Crippen molar-refractivity contribution < 1.29 is 23.5 Å². The third kappa shape index (κ3) is 4.49. The van der Waals surface area contributed by atoms with Gasteiger partial charge in [-0.3, -0.25) is 9.59 Å². The molecule has 2 heterocycles. The summed E-state index contributed by atoms with van der Waals surface area (Å²) in [4.78, 5) is 28.6. The van der Waals surface area contributed by atoms with Gasteiger partial charge in [-0.05, 0) is 31.2 Å². The molecule has 144 valence electrons. The number of methoxy groups -OCH3 is 1. The predicted octanol–water partition coefficient (Wildman–Crippen LogP) is 2.46. The number of fused-ring (bicyclic) bond motifs is 1. The third-order valence-corrected chi connectivity index (χ3v) is 4.47. The van der Waals surface area contributed by atoms with Crippen molar-refractivity contribution in [2.75, 3.05) is 31.7 Å². The molecule has 27 heavy (non-hydrogen) atoms. The number of anilines is 1. The van der Waals surface area contributed by atoms with Crippen molar-refractivity contribution in [1.82, 2.24) is 4.90 Å². The Morgan fingerprint density at radius 2 is 2.07 bits per heavy atom. The Morgan fingerprint density at radius 1 is 1.26 bits per heavy atom. The van der Waals surface area contributed by atoms with Crippen molar-refractivity contribution in [1.29, 1.82) is 0 Å². The maximum absolute atomic E-state index is 12.8. The molecule has 1 aliphatic rings. The van der Waals surface area contributed by atoms with E-state index >= 15 is 0 Å². The molecule has 2 aromatic rings. The van der Waals surface area contributed by atoms with E-state index < -0.39 is 6.10 Å². The lowest BCUT2D eigenvalue weighted by Crippen LogP contribution is -2.46. The molecular weight excluding hydrogens is 348 g/mol. The number of carbonyl (C=O) groups excluding carboxylic acids is 2. The fraction of sp³-hybridized carbons (Fsp3) is 0.400. The zero-order valence-corrected chi connectivity index (χ0v) is 15.6. The molecule has 0 spiro atoms. The first-order valence-corrected chi connectivity index (χ1v) is 8.96. The number of amides is 2.